The molecule has 0 unspecified atom stereocenters. The molecule has 0 bridgehead atoms. The fourth-order valence-electron chi connectivity index (χ4n) is 11.6. The first-order valence-corrected chi connectivity index (χ1v) is 40.4. The van der Waals surface area contributed by atoms with Crippen molar-refractivity contribution in [3.05, 3.63) is 361 Å². The molecule has 0 fully saturated rings. The first kappa shape index (κ1) is 75.2. The Bertz CT molecular complexity index is 3990. The van der Waals surface area contributed by atoms with Crippen LogP contribution < -0.4 is 0 Å². The first-order chi connectivity index (χ1) is 47.6. The molecule has 0 aliphatic carbocycles. The third kappa shape index (κ3) is 21.8. The Balaban J connectivity index is 0.000000156. The van der Waals surface area contributed by atoms with Crippen molar-refractivity contribution in [1.29, 1.82) is 0 Å². The summed E-state index contributed by atoms with van der Waals surface area (Å²) >= 11 is 0. The van der Waals surface area contributed by atoms with Crippen molar-refractivity contribution in [3.63, 3.8) is 0 Å². The maximum atomic E-state index is 2.33. The maximum Gasteiger partial charge on any atom is 0.166 e. The van der Waals surface area contributed by atoms with E-state index in [9.17, 15) is 0 Å². The summed E-state index contributed by atoms with van der Waals surface area (Å²) in [6.07, 6.45) is 6.05. The van der Waals surface area contributed by atoms with Crippen molar-refractivity contribution < 1.29 is 0 Å². The number of hydrogen-bond donors (Lipinski definition) is 0. The van der Waals surface area contributed by atoms with Crippen molar-refractivity contribution >= 4 is 43.6 Å². The minimum atomic E-state index is -0.120. The molecule has 506 valence electrons. The number of unbranched alkanes of at least 4 members (excludes halogenated alkanes) is 1. The fourth-order valence-corrected chi connectivity index (χ4v) is 19.9. The number of aryl methyl sites for hydroxylation is 2. The highest BCUT2D eigenvalue weighted by atomic mass is 32.2. The van der Waals surface area contributed by atoms with E-state index in [1.54, 1.807) is 0 Å². The average molecular weight is 1380 g/mol. The predicted octanol–water partition coefficient (Wildman–Crippen LogP) is 26.6. The van der Waals surface area contributed by atoms with E-state index in [0.29, 0.717) is 0 Å². The summed E-state index contributed by atoms with van der Waals surface area (Å²) < 4.78 is 0. The normalized spacial score (nSPS) is 11.7. The molecule has 99 heavy (non-hydrogen) atoms. The number of rotatable bonds is 17. The Morgan fingerprint density at radius 2 is 0.343 bits per heavy atom. The Kier molecular flexibility index (Phi) is 27.3. The molecule has 12 rings (SSSR count). The van der Waals surface area contributed by atoms with Crippen LogP contribution in [0.4, 0.5) is 0 Å². The van der Waals surface area contributed by atoms with Gasteiger partial charge in [0.1, 0.15) is 0 Å². The summed E-state index contributed by atoms with van der Waals surface area (Å²) in [6.45, 7) is 31.7. The van der Waals surface area contributed by atoms with Gasteiger partial charge in [0, 0.05) is 0 Å². The maximum absolute atomic E-state index is 2.33. The van der Waals surface area contributed by atoms with Crippen molar-refractivity contribution in [2.75, 3.05) is 0 Å². The molecular weight excluding hydrogens is 1270 g/mol. The van der Waals surface area contributed by atoms with Crippen molar-refractivity contribution in [1.82, 2.24) is 0 Å². The summed E-state index contributed by atoms with van der Waals surface area (Å²) in [4.78, 5) is 16.5. The van der Waals surface area contributed by atoms with E-state index in [-0.39, 0.29) is 65.2 Å². The number of benzene rings is 12. The topological polar surface area (TPSA) is 0 Å². The molecule has 0 aliphatic rings. The molecule has 0 aliphatic heterocycles. The largest absolute Gasteiger partial charge is 0.166 e. The van der Waals surface area contributed by atoms with Crippen molar-refractivity contribution in [2.45, 2.75) is 209 Å². The lowest BCUT2D eigenvalue weighted by Gasteiger charge is -2.21. The summed E-state index contributed by atoms with van der Waals surface area (Å²) in [5, 5.41) is 0. The molecule has 0 nitrogen and oxygen atoms in total. The van der Waals surface area contributed by atoms with Gasteiger partial charge >= 0.3 is 0 Å². The molecule has 4 heteroatoms. The molecule has 12 aromatic rings. The molecule has 0 heterocycles. The predicted molar refractivity (Wildman–Crippen MR) is 433 cm³/mol. The molecule has 0 spiro atoms. The Morgan fingerprint density at radius 1 is 0.182 bits per heavy atom. The molecule has 0 radical (unpaired) electrons. The quantitative estimate of drug-likeness (QED) is 0.0797. The molecule has 0 saturated heterocycles. The minimum Gasteiger partial charge on any atom is -0.0654 e. The van der Waals surface area contributed by atoms with Crippen LogP contribution in [0, 0.1) is 0 Å². The third-order valence-corrected chi connectivity index (χ3v) is 26.3. The van der Waals surface area contributed by atoms with Crippen LogP contribution >= 0.6 is 0 Å². The Labute approximate surface area is 609 Å². The fraction of sp³-hybridized carbons (Fsp3) is 0.242. The molecule has 0 amide bonds. The number of hydrogen-bond acceptors (Lipinski definition) is 0. The second kappa shape index (κ2) is 35.9. The second-order valence-corrected chi connectivity index (χ2v) is 37.4. The van der Waals surface area contributed by atoms with Crippen LogP contribution in [0.1, 0.15) is 150 Å². The van der Waals surface area contributed by atoms with E-state index < -0.39 is 0 Å². The summed E-state index contributed by atoms with van der Waals surface area (Å²) in [7, 11) is -0.225. The van der Waals surface area contributed by atoms with Crippen LogP contribution in [0.3, 0.4) is 0 Å². The SMILES string of the molecule is CC(C)(C)c1ccc([S+](c2ccc(C(C)(C)C)cc2)c2ccc(C(C)(C)C)cc2)cc1.CC(C)(C)c1ccc([S+](c2ccccc2)c2ccccc2)cc1.CCCCc1ccc([S+](c2ccccc2)c2ccccc2)cc1.CCCc1ccc([S+](c2ccccc2)c2ccccc2)cc1. The van der Waals surface area contributed by atoms with E-state index in [2.05, 4.69) is 425 Å². The highest BCUT2D eigenvalue weighted by Gasteiger charge is 2.33. The van der Waals surface area contributed by atoms with Crippen molar-refractivity contribution in [2.24, 2.45) is 0 Å². The van der Waals surface area contributed by atoms with E-state index in [1.165, 1.54) is 118 Å². The van der Waals surface area contributed by atoms with E-state index in [0.717, 1.165) is 6.42 Å². The smallest absolute Gasteiger partial charge is 0.0654 e. The van der Waals surface area contributed by atoms with Gasteiger partial charge in [0.2, 0.25) is 0 Å². The van der Waals surface area contributed by atoms with Gasteiger partial charge in [-0.2, -0.15) is 0 Å². The van der Waals surface area contributed by atoms with Crippen LogP contribution in [0.2, 0.25) is 0 Å². The van der Waals surface area contributed by atoms with Gasteiger partial charge in [-0.05, 0) is 220 Å². The van der Waals surface area contributed by atoms with Crippen molar-refractivity contribution in [3.8, 4) is 0 Å². The third-order valence-electron chi connectivity index (χ3n) is 17.4. The summed E-state index contributed by atoms with van der Waals surface area (Å²) in [5.74, 6) is 0. The summed E-state index contributed by atoms with van der Waals surface area (Å²) in [5.41, 5.74) is 9.08. The van der Waals surface area contributed by atoms with E-state index >= 15 is 0 Å². The lowest BCUT2D eigenvalue weighted by atomic mass is 9.87. The van der Waals surface area contributed by atoms with Crippen LogP contribution in [-0.2, 0) is 78.1 Å². The van der Waals surface area contributed by atoms with Gasteiger partial charge in [-0.1, -0.05) is 292 Å². The van der Waals surface area contributed by atoms with Gasteiger partial charge in [-0.15, -0.1) is 0 Å². The standard InChI is InChI=1S/C30H39S.2C22H23S.C21H21S/c1-28(2,3)22-10-16-25(17-11-22)31(26-18-12-23(13-19-26)29(4,5)6)27-20-14-24(15-21-27)30(7,8)9;1-22(2,3)18-14-16-21(17-15-18)23(19-10-6-4-7-11-19)20-12-8-5-9-13-20;1-2-3-10-19-15-17-22(18-16-19)23(20-11-6-4-7-12-20)21-13-8-5-9-14-21;1-2-9-18-14-16-21(17-15-18)22(19-10-5-3-6-11-19)20-12-7-4-8-13-20/h10-21H,1-9H3;4-17H,1-3H3;4-9,11-18H,2-3,10H2,1H3;3-8,10-17H,2,9H2,1H3/q4*+1. The first-order valence-electron chi connectivity index (χ1n) is 35.5. The molecule has 12 aromatic carbocycles. The highest BCUT2D eigenvalue weighted by molar-refractivity contribution is 7.98. The zero-order valence-corrected chi connectivity index (χ0v) is 64.6. The van der Waals surface area contributed by atoms with Gasteiger partial charge in [-0.25, -0.2) is 0 Å². The Hall–Kier alpha value is -7.96. The van der Waals surface area contributed by atoms with Crippen LogP contribution in [0.5, 0.6) is 0 Å². The van der Waals surface area contributed by atoms with Gasteiger partial charge in [-0.3, -0.25) is 0 Å². The average Bonchev–Trinajstić information content (AvgIpc) is 0.812. The summed E-state index contributed by atoms with van der Waals surface area (Å²) in [6, 6.07) is 120. The van der Waals surface area contributed by atoms with E-state index in [1.807, 2.05) is 0 Å². The van der Waals surface area contributed by atoms with Gasteiger partial charge in [0.15, 0.2) is 58.7 Å². The zero-order chi connectivity index (χ0) is 70.4. The zero-order valence-electron chi connectivity index (χ0n) is 61.3. The molecule has 0 N–H and O–H groups in total. The molecule has 0 atom stereocenters. The monoisotopic (exact) mass is 1370 g/mol. The second-order valence-electron chi connectivity index (χ2n) is 29.3. The molecular formula is C95H106S4+4. The lowest BCUT2D eigenvalue weighted by Crippen LogP contribution is -2.13. The van der Waals surface area contributed by atoms with Crippen LogP contribution in [-0.4, -0.2) is 0 Å². The van der Waals surface area contributed by atoms with Crippen LogP contribution in [0.25, 0.3) is 0 Å². The Morgan fingerprint density at radius 3 is 0.505 bits per heavy atom. The highest BCUT2D eigenvalue weighted by Crippen LogP contribution is 2.38. The van der Waals surface area contributed by atoms with Gasteiger partial charge in [0.25, 0.3) is 0 Å². The van der Waals surface area contributed by atoms with E-state index in [4.69, 9.17) is 0 Å². The minimum absolute atomic E-state index is 0.0268. The molecule has 0 aromatic heterocycles. The van der Waals surface area contributed by atoms with Gasteiger partial charge in [0.05, 0.1) is 43.6 Å². The van der Waals surface area contributed by atoms with Gasteiger partial charge < -0.3 is 0 Å². The van der Waals surface area contributed by atoms with Crippen LogP contribution in [0.15, 0.2) is 386 Å². The molecule has 0 saturated carbocycles. The lowest BCUT2D eigenvalue weighted by molar-refractivity contribution is 0.589.